The molecule has 23 heavy (non-hydrogen) atoms. The Hall–Kier alpha value is -2.00. The van der Waals surface area contributed by atoms with E-state index in [0.29, 0.717) is 5.75 Å². The third-order valence-electron chi connectivity index (χ3n) is 5.50. The average molecular weight is 309 g/mol. The summed E-state index contributed by atoms with van der Waals surface area (Å²) in [6.45, 7) is 2.02. The topological polar surface area (TPSA) is 32.7 Å². The Balaban J connectivity index is 1.68. The van der Waals surface area contributed by atoms with Crippen molar-refractivity contribution in [3.8, 4) is 11.5 Å². The summed E-state index contributed by atoms with van der Waals surface area (Å²) < 4.78 is 6.28. The normalized spacial score (nSPS) is 26.4. The van der Waals surface area contributed by atoms with Crippen LogP contribution < -0.4 is 4.74 Å². The first-order chi connectivity index (χ1) is 11.2. The van der Waals surface area contributed by atoms with Crippen LogP contribution in [0.2, 0.25) is 0 Å². The lowest BCUT2D eigenvalue weighted by atomic mass is 9.68. The van der Waals surface area contributed by atoms with E-state index in [0.717, 1.165) is 38.1 Å². The Morgan fingerprint density at radius 2 is 2.04 bits per heavy atom. The van der Waals surface area contributed by atoms with Gasteiger partial charge in [0.2, 0.25) is 0 Å². The van der Waals surface area contributed by atoms with Crippen molar-refractivity contribution >= 4 is 0 Å². The van der Waals surface area contributed by atoms with Gasteiger partial charge in [-0.15, -0.1) is 0 Å². The zero-order valence-electron chi connectivity index (χ0n) is 13.5. The molecule has 4 rings (SSSR count). The number of piperidine rings is 1. The largest absolute Gasteiger partial charge is 0.508 e. The molecule has 0 unspecified atom stereocenters. The Bertz CT molecular complexity index is 700. The Labute approximate surface area is 137 Å². The maximum absolute atomic E-state index is 9.97. The molecular weight excluding hydrogens is 286 g/mol. The van der Waals surface area contributed by atoms with Crippen molar-refractivity contribution in [2.24, 2.45) is 0 Å². The fourth-order valence-electron chi connectivity index (χ4n) is 4.15. The number of hydrogen-bond acceptors (Lipinski definition) is 3. The van der Waals surface area contributed by atoms with Crippen LogP contribution >= 0.6 is 0 Å². The number of benzene rings is 2. The molecule has 3 heteroatoms. The number of aryl methyl sites for hydroxylation is 1. The number of hydrogen-bond donors (Lipinski definition) is 1. The first kappa shape index (κ1) is 14.6. The van der Waals surface area contributed by atoms with E-state index >= 15 is 0 Å². The molecule has 0 spiro atoms. The first-order valence-electron chi connectivity index (χ1n) is 8.40. The summed E-state index contributed by atoms with van der Waals surface area (Å²) in [5, 5.41) is 9.97. The summed E-state index contributed by atoms with van der Waals surface area (Å²) in [6.07, 6.45) is 3.37. The van der Waals surface area contributed by atoms with Crippen molar-refractivity contribution in [1.29, 1.82) is 0 Å². The van der Waals surface area contributed by atoms with Gasteiger partial charge in [0.05, 0.1) is 0 Å². The maximum Gasteiger partial charge on any atom is 0.124 e. The Kier molecular flexibility index (Phi) is 3.53. The summed E-state index contributed by atoms with van der Waals surface area (Å²) in [4.78, 5) is 2.34. The van der Waals surface area contributed by atoms with Crippen LogP contribution in [0.3, 0.4) is 0 Å². The molecule has 0 aromatic heterocycles. The second-order valence-electron chi connectivity index (χ2n) is 6.94. The molecule has 2 aliphatic heterocycles. The fraction of sp³-hybridized carbons (Fsp3) is 0.400. The van der Waals surface area contributed by atoms with E-state index in [9.17, 15) is 5.11 Å². The fourth-order valence-corrected chi connectivity index (χ4v) is 4.15. The third-order valence-corrected chi connectivity index (χ3v) is 5.50. The SMILES string of the molecule is CN1CC[C@@]2(CCc3ccccc3)c3cc(O)ccc3O[C@H]2C1. The predicted molar refractivity (Wildman–Crippen MR) is 91.1 cm³/mol. The van der Waals surface area contributed by atoms with E-state index in [-0.39, 0.29) is 11.5 Å². The molecule has 0 radical (unpaired) electrons. The molecule has 2 aromatic rings. The van der Waals surface area contributed by atoms with Crippen molar-refractivity contribution in [1.82, 2.24) is 4.90 Å². The number of aromatic hydroxyl groups is 1. The summed E-state index contributed by atoms with van der Waals surface area (Å²) in [5.74, 6) is 1.29. The lowest BCUT2D eigenvalue weighted by Gasteiger charge is -2.42. The first-order valence-corrected chi connectivity index (χ1v) is 8.40. The summed E-state index contributed by atoms with van der Waals surface area (Å²) in [6, 6.07) is 16.2. The monoisotopic (exact) mass is 309 g/mol. The number of ether oxygens (including phenoxy) is 1. The van der Waals surface area contributed by atoms with Gasteiger partial charge < -0.3 is 14.7 Å². The number of likely N-dealkylation sites (tertiary alicyclic amines) is 1. The molecule has 0 saturated carbocycles. The van der Waals surface area contributed by atoms with Crippen LogP contribution in [0.4, 0.5) is 0 Å². The maximum atomic E-state index is 9.97. The quantitative estimate of drug-likeness (QED) is 0.943. The van der Waals surface area contributed by atoms with Gasteiger partial charge in [-0.25, -0.2) is 0 Å². The highest BCUT2D eigenvalue weighted by Crippen LogP contribution is 2.51. The van der Waals surface area contributed by atoms with E-state index in [4.69, 9.17) is 4.74 Å². The molecule has 0 bridgehead atoms. The predicted octanol–water partition coefficient (Wildman–Crippen LogP) is 3.36. The minimum Gasteiger partial charge on any atom is -0.508 e. The molecule has 0 aliphatic carbocycles. The van der Waals surface area contributed by atoms with Gasteiger partial charge in [-0.2, -0.15) is 0 Å². The number of likely N-dealkylation sites (N-methyl/N-ethyl adjacent to an activating group) is 1. The van der Waals surface area contributed by atoms with Crippen molar-refractivity contribution < 1.29 is 9.84 Å². The highest BCUT2D eigenvalue weighted by molar-refractivity contribution is 5.49. The summed E-state index contributed by atoms with van der Waals surface area (Å²) in [7, 11) is 2.16. The van der Waals surface area contributed by atoms with Crippen LogP contribution in [0, 0.1) is 0 Å². The zero-order valence-corrected chi connectivity index (χ0v) is 13.5. The van der Waals surface area contributed by atoms with Crippen molar-refractivity contribution in [2.75, 3.05) is 20.1 Å². The summed E-state index contributed by atoms with van der Waals surface area (Å²) >= 11 is 0. The van der Waals surface area contributed by atoms with E-state index in [1.165, 1.54) is 11.1 Å². The molecule has 120 valence electrons. The minimum absolute atomic E-state index is 0.0242. The van der Waals surface area contributed by atoms with Crippen molar-refractivity contribution in [3.63, 3.8) is 0 Å². The van der Waals surface area contributed by atoms with Crippen LogP contribution in [-0.2, 0) is 11.8 Å². The lowest BCUT2D eigenvalue weighted by molar-refractivity contribution is 0.0503. The molecule has 0 amide bonds. The van der Waals surface area contributed by atoms with E-state index < -0.39 is 0 Å². The van der Waals surface area contributed by atoms with Crippen LogP contribution in [0.25, 0.3) is 0 Å². The van der Waals surface area contributed by atoms with E-state index in [1.807, 2.05) is 12.1 Å². The highest BCUT2D eigenvalue weighted by atomic mass is 16.5. The highest BCUT2D eigenvalue weighted by Gasteiger charge is 2.50. The van der Waals surface area contributed by atoms with Gasteiger partial charge in [0.1, 0.15) is 17.6 Å². The number of phenols is 1. The van der Waals surface area contributed by atoms with Crippen molar-refractivity contribution in [3.05, 3.63) is 59.7 Å². The van der Waals surface area contributed by atoms with Gasteiger partial charge in [0, 0.05) is 17.5 Å². The number of fused-ring (bicyclic) bond motifs is 3. The molecule has 3 nitrogen and oxygen atoms in total. The standard InChI is InChI=1S/C20H23NO2/c1-21-12-11-20(10-9-15-5-3-2-4-6-15)17-13-16(22)7-8-18(17)23-19(20)14-21/h2-8,13,19,22H,9-12,14H2,1H3/t19-,20-/m0/s1. The second kappa shape index (κ2) is 5.57. The van der Waals surface area contributed by atoms with Crippen LogP contribution in [0.1, 0.15) is 24.0 Å². The number of phenolic OH excluding ortho intramolecular Hbond substituents is 1. The third kappa shape index (κ3) is 2.49. The number of rotatable bonds is 3. The van der Waals surface area contributed by atoms with E-state index in [2.05, 4.69) is 42.3 Å². The molecule has 1 saturated heterocycles. The molecule has 2 heterocycles. The molecule has 2 aromatic carbocycles. The summed E-state index contributed by atoms with van der Waals surface area (Å²) in [5.41, 5.74) is 2.59. The van der Waals surface area contributed by atoms with Crippen molar-refractivity contribution in [2.45, 2.75) is 30.8 Å². The van der Waals surface area contributed by atoms with Gasteiger partial charge in [-0.3, -0.25) is 0 Å². The van der Waals surface area contributed by atoms with E-state index in [1.54, 1.807) is 6.07 Å². The molecule has 1 fully saturated rings. The molecule has 1 N–H and O–H groups in total. The second-order valence-corrected chi connectivity index (χ2v) is 6.94. The smallest absolute Gasteiger partial charge is 0.124 e. The minimum atomic E-state index is 0.0242. The molecular formula is C20H23NO2. The molecule has 2 aliphatic rings. The Morgan fingerprint density at radius 1 is 1.22 bits per heavy atom. The van der Waals surface area contributed by atoms with Gasteiger partial charge >= 0.3 is 0 Å². The van der Waals surface area contributed by atoms with Gasteiger partial charge in [0.15, 0.2) is 0 Å². The lowest BCUT2D eigenvalue weighted by Crippen LogP contribution is -2.52. The molecule has 2 atom stereocenters. The average Bonchev–Trinajstić information content (AvgIpc) is 2.87. The van der Waals surface area contributed by atoms with Crippen LogP contribution in [-0.4, -0.2) is 36.2 Å². The zero-order chi connectivity index (χ0) is 15.9. The Morgan fingerprint density at radius 3 is 2.87 bits per heavy atom. The number of nitrogens with zero attached hydrogens (tertiary/aromatic N) is 1. The van der Waals surface area contributed by atoms with Crippen LogP contribution in [0.15, 0.2) is 48.5 Å². The van der Waals surface area contributed by atoms with Gasteiger partial charge in [-0.1, -0.05) is 30.3 Å². The van der Waals surface area contributed by atoms with Gasteiger partial charge in [0.25, 0.3) is 0 Å². The van der Waals surface area contributed by atoms with Crippen LogP contribution in [0.5, 0.6) is 11.5 Å². The van der Waals surface area contributed by atoms with Gasteiger partial charge in [-0.05, 0) is 56.6 Å².